The summed E-state index contributed by atoms with van der Waals surface area (Å²) in [5, 5.41) is 2.78. The Labute approximate surface area is 200 Å². The van der Waals surface area contributed by atoms with E-state index in [9.17, 15) is 13.2 Å². The number of rotatable bonds is 10. The van der Waals surface area contributed by atoms with Crippen molar-refractivity contribution in [3.63, 3.8) is 0 Å². The van der Waals surface area contributed by atoms with Gasteiger partial charge >= 0.3 is 0 Å². The number of nitrogens with zero attached hydrogens (tertiary/aromatic N) is 1. The second-order valence-corrected chi connectivity index (χ2v) is 9.31. The number of sulfonamides is 1. The molecule has 0 aromatic heterocycles. The van der Waals surface area contributed by atoms with Crippen LogP contribution in [-0.2, 0) is 21.4 Å². The Morgan fingerprint density at radius 1 is 0.853 bits per heavy atom. The van der Waals surface area contributed by atoms with E-state index in [2.05, 4.69) is 5.32 Å². The van der Waals surface area contributed by atoms with Crippen LogP contribution in [0.15, 0.2) is 71.6 Å². The van der Waals surface area contributed by atoms with E-state index in [0.29, 0.717) is 17.2 Å². The first-order chi connectivity index (χ1) is 16.3. The molecule has 1 N–H and O–H groups in total. The fourth-order valence-corrected chi connectivity index (χ4v) is 4.77. The van der Waals surface area contributed by atoms with Crippen molar-refractivity contribution in [2.45, 2.75) is 18.4 Å². The first-order valence-corrected chi connectivity index (χ1v) is 11.9. The first kappa shape index (κ1) is 24.9. The Kier molecular flexibility index (Phi) is 8.01. The molecule has 8 nitrogen and oxygen atoms in total. The standard InChI is InChI=1S/C25H28N2O6S/c1-18-9-12-21(13-10-18)34(29,30)27(20-11-14-23(32-3)24(15-20)33-4)17-25(28)26-16-19-7-5-6-8-22(19)31-2/h5-15H,16-17H2,1-4H3,(H,26,28). The van der Waals surface area contributed by atoms with Gasteiger partial charge in [0, 0.05) is 18.2 Å². The van der Waals surface area contributed by atoms with Crippen molar-refractivity contribution in [1.82, 2.24) is 5.32 Å². The zero-order valence-electron chi connectivity index (χ0n) is 19.6. The fourth-order valence-electron chi connectivity index (χ4n) is 3.36. The molecule has 0 fully saturated rings. The minimum atomic E-state index is -4.05. The number of hydrogen-bond acceptors (Lipinski definition) is 6. The van der Waals surface area contributed by atoms with E-state index in [1.54, 1.807) is 37.4 Å². The lowest BCUT2D eigenvalue weighted by atomic mass is 10.2. The smallest absolute Gasteiger partial charge is 0.264 e. The number of hydrogen-bond donors (Lipinski definition) is 1. The second-order valence-electron chi connectivity index (χ2n) is 7.45. The van der Waals surface area contributed by atoms with Gasteiger partial charge < -0.3 is 19.5 Å². The summed E-state index contributed by atoms with van der Waals surface area (Å²) in [5.74, 6) is 0.946. The largest absolute Gasteiger partial charge is 0.496 e. The maximum absolute atomic E-state index is 13.6. The number of nitrogens with one attached hydrogen (secondary N) is 1. The fraction of sp³-hybridized carbons (Fsp3) is 0.240. The van der Waals surface area contributed by atoms with Crippen LogP contribution in [0, 0.1) is 6.92 Å². The third kappa shape index (κ3) is 5.60. The lowest BCUT2D eigenvalue weighted by Gasteiger charge is -2.25. The molecule has 9 heteroatoms. The van der Waals surface area contributed by atoms with E-state index < -0.39 is 22.5 Å². The van der Waals surface area contributed by atoms with E-state index in [0.717, 1.165) is 15.4 Å². The van der Waals surface area contributed by atoms with Crippen LogP contribution in [0.3, 0.4) is 0 Å². The predicted octanol–water partition coefficient (Wildman–Crippen LogP) is 3.53. The van der Waals surface area contributed by atoms with E-state index in [-0.39, 0.29) is 17.1 Å². The summed E-state index contributed by atoms with van der Waals surface area (Å²) in [6.07, 6.45) is 0. The minimum Gasteiger partial charge on any atom is -0.496 e. The van der Waals surface area contributed by atoms with Crippen LogP contribution in [0.4, 0.5) is 5.69 Å². The molecule has 34 heavy (non-hydrogen) atoms. The number of amides is 1. The molecule has 180 valence electrons. The minimum absolute atomic E-state index is 0.0745. The van der Waals surface area contributed by atoms with Gasteiger partial charge in [0.2, 0.25) is 5.91 Å². The summed E-state index contributed by atoms with van der Waals surface area (Å²) < 4.78 is 44.1. The van der Waals surface area contributed by atoms with Gasteiger partial charge in [0.25, 0.3) is 10.0 Å². The molecule has 0 saturated carbocycles. The number of benzene rings is 3. The van der Waals surface area contributed by atoms with Crippen molar-refractivity contribution >= 4 is 21.6 Å². The molecule has 1 amide bonds. The van der Waals surface area contributed by atoms with Gasteiger partial charge in [0.05, 0.1) is 31.9 Å². The average molecular weight is 485 g/mol. The molecule has 0 unspecified atom stereocenters. The molecule has 0 aliphatic heterocycles. The Bertz CT molecular complexity index is 1240. The molecule has 0 aliphatic carbocycles. The Balaban J connectivity index is 1.93. The van der Waals surface area contributed by atoms with Gasteiger partial charge in [0.1, 0.15) is 12.3 Å². The summed E-state index contributed by atoms with van der Waals surface area (Å²) in [6.45, 7) is 1.63. The number of para-hydroxylation sites is 1. The monoisotopic (exact) mass is 484 g/mol. The summed E-state index contributed by atoms with van der Waals surface area (Å²) in [4.78, 5) is 13.0. The highest BCUT2D eigenvalue weighted by molar-refractivity contribution is 7.92. The van der Waals surface area contributed by atoms with E-state index in [1.807, 2.05) is 25.1 Å². The summed E-state index contributed by atoms with van der Waals surface area (Å²) in [6, 6.07) is 18.4. The van der Waals surface area contributed by atoms with Crippen LogP contribution in [-0.4, -0.2) is 42.2 Å². The molecule has 0 heterocycles. The highest BCUT2D eigenvalue weighted by atomic mass is 32.2. The SMILES string of the molecule is COc1ccccc1CNC(=O)CN(c1ccc(OC)c(OC)c1)S(=O)(=O)c1ccc(C)cc1. The van der Waals surface area contributed by atoms with Crippen LogP contribution in [0.1, 0.15) is 11.1 Å². The first-order valence-electron chi connectivity index (χ1n) is 10.5. The van der Waals surface area contributed by atoms with E-state index >= 15 is 0 Å². The summed E-state index contributed by atoms with van der Waals surface area (Å²) in [5.41, 5.74) is 1.97. The summed E-state index contributed by atoms with van der Waals surface area (Å²) >= 11 is 0. The van der Waals surface area contributed by atoms with Crippen molar-refractivity contribution in [3.05, 3.63) is 77.9 Å². The molecular formula is C25H28N2O6S. The molecule has 0 radical (unpaired) electrons. The lowest BCUT2D eigenvalue weighted by Crippen LogP contribution is -2.40. The number of carbonyl (C=O) groups is 1. The van der Waals surface area contributed by atoms with Crippen molar-refractivity contribution in [2.24, 2.45) is 0 Å². The molecule has 3 aromatic rings. The van der Waals surface area contributed by atoms with Crippen LogP contribution < -0.4 is 23.8 Å². The van der Waals surface area contributed by atoms with Gasteiger partial charge in [-0.05, 0) is 37.3 Å². The molecule has 0 saturated heterocycles. The Hall–Kier alpha value is -3.72. The summed E-state index contributed by atoms with van der Waals surface area (Å²) in [7, 11) is 0.443. The Morgan fingerprint density at radius 2 is 1.50 bits per heavy atom. The number of carbonyl (C=O) groups excluding carboxylic acids is 1. The van der Waals surface area contributed by atoms with Crippen molar-refractivity contribution in [3.8, 4) is 17.2 Å². The molecule has 0 aliphatic rings. The zero-order chi connectivity index (χ0) is 24.7. The third-order valence-corrected chi connectivity index (χ3v) is 7.01. The van der Waals surface area contributed by atoms with Gasteiger partial charge in [-0.25, -0.2) is 8.42 Å². The molecular weight excluding hydrogens is 456 g/mol. The van der Waals surface area contributed by atoms with Crippen molar-refractivity contribution in [1.29, 1.82) is 0 Å². The van der Waals surface area contributed by atoms with Crippen LogP contribution in [0.5, 0.6) is 17.2 Å². The lowest BCUT2D eigenvalue weighted by molar-refractivity contribution is -0.119. The topological polar surface area (TPSA) is 94.2 Å². The van der Waals surface area contributed by atoms with Gasteiger partial charge in [-0.2, -0.15) is 0 Å². The maximum Gasteiger partial charge on any atom is 0.264 e. The highest BCUT2D eigenvalue weighted by Gasteiger charge is 2.28. The Morgan fingerprint density at radius 3 is 2.15 bits per heavy atom. The van der Waals surface area contributed by atoms with Crippen molar-refractivity contribution < 1.29 is 27.4 Å². The second kappa shape index (κ2) is 10.9. The molecule has 0 atom stereocenters. The van der Waals surface area contributed by atoms with Gasteiger partial charge in [-0.1, -0.05) is 35.9 Å². The number of aryl methyl sites for hydroxylation is 1. The average Bonchev–Trinajstić information content (AvgIpc) is 2.85. The number of ether oxygens (including phenoxy) is 3. The van der Waals surface area contributed by atoms with E-state index in [4.69, 9.17) is 14.2 Å². The van der Waals surface area contributed by atoms with Crippen LogP contribution in [0.2, 0.25) is 0 Å². The number of methoxy groups -OCH3 is 3. The predicted molar refractivity (Wildman–Crippen MR) is 130 cm³/mol. The maximum atomic E-state index is 13.6. The van der Waals surface area contributed by atoms with Gasteiger partial charge in [0.15, 0.2) is 11.5 Å². The van der Waals surface area contributed by atoms with Gasteiger partial charge in [-0.3, -0.25) is 9.10 Å². The van der Waals surface area contributed by atoms with Crippen molar-refractivity contribution in [2.75, 3.05) is 32.2 Å². The molecule has 3 rings (SSSR count). The van der Waals surface area contributed by atoms with Crippen LogP contribution in [0.25, 0.3) is 0 Å². The molecule has 3 aromatic carbocycles. The van der Waals surface area contributed by atoms with Gasteiger partial charge in [-0.15, -0.1) is 0 Å². The molecule has 0 spiro atoms. The molecule has 0 bridgehead atoms. The quantitative estimate of drug-likeness (QED) is 0.473. The third-order valence-electron chi connectivity index (χ3n) is 5.22. The van der Waals surface area contributed by atoms with E-state index in [1.165, 1.54) is 32.4 Å². The highest BCUT2D eigenvalue weighted by Crippen LogP contribution is 2.33. The normalized spacial score (nSPS) is 10.9. The van der Waals surface area contributed by atoms with Crippen LogP contribution >= 0.6 is 0 Å². The number of anilines is 1. The zero-order valence-corrected chi connectivity index (χ0v) is 20.4.